The summed E-state index contributed by atoms with van der Waals surface area (Å²) in [6.45, 7) is 5.48. The van der Waals surface area contributed by atoms with Crippen molar-refractivity contribution in [3.63, 3.8) is 0 Å². The van der Waals surface area contributed by atoms with E-state index in [0.717, 1.165) is 90.4 Å². The standard InChI is InChI=1S/C37H52N2O3/c1-2-3-8-19-33(40)24-22-30-23-25-35(41)34(30)20-13-4-5-14-21-36(42)38-26-28-39(29-27-38)37(31-15-9-6-10-16-31)32-17-11-7-12-18-32/h6-7,9-12,15-18,22,24,30,33-34,37,40H,2-5,8,13-14,19-21,23,25-29H2,1H3/b24-22+/t30-,33-,34+/m0/s1. The van der Waals surface area contributed by atoms with E-state index in [1.807, 2.05) is 11.0 Å². The van der Waals surface area contributed by atoms with E-state index in [2.05, 4.69) is 78.6 Å². The number of ketones is 1. The lowest BCUT2D eigenvalue weighted by Crippen LogP contribution is -2.49. The predicted octanol–water partition coefficient (Wildman–Crippen LogP) is 7.35. The average molecular weight is 573 g/mol. The number of allylic oxidation sites excluding steroid dienone is 1. The fourth-order valence-corrected chi connectivity index (χ4v) is 6.78. The number of Topliss-reactive ketones (excluding diaryl/α,β-unsaturated/α-hetero) is 1. The fraction of sp³-hybridized carbons (Fsp3) is 0.568. The molecule has 1 N–H and O–H groups in total. The first-order chi connectivity index (χ1) is 20.6. The van der Waals surface area contributed by atoms with Crippen molar-refractivity contribution in [2.24, 2.45) is 11.8 Å². The molecule has 2 aliphatic rings. The zero-order chi connectivity index (χ0) is 29.6. The molecule has 1 heterocycles. The third-order valence-corrected chi connectivity index (χ3v) is 9.26. The predicted molar refractivity (Wildman–Crippen MR) is 171 cm³/mol. The van der Waals surface area contributed by atoms with Crippen molar-refractivity contribution >= 4 is 11.7 Å². The summed E-state index contributed by atoms with van der Waals surface area (Å²) < 4.78 is 0. The van der Waals surface area contributed by atoms with Gasteiger partial charge in [-0.05, 0) is 42.7 Å². The number of benzene rings is 2. The molecule has 5 heteroatoms. The van der Waals surface area contributed by atoms with E-state index in [4.69, 9.17) is 0 Å². The molecule has 2 fully saturated rings. The van der Waals surface area contributed by atoms with Crippen molar-refractivity contribution < 1.29 is 14.7 Å². The van der Waals surface area contributed by atoms with E-state index in [1.165, 1.54) is 11.1 Å². The first-order valence-electron chi connectivity index (χ1n) is 16.6. The zero-order valence-corrected chi connectivity index (χ0v) is 25.7. The highest BCUT2D eigenvalue weighted by Crippen LogP contribution is 2.34. The van der Waals surface area contributed by atoms with Crippen LogP contribution in [0.2, 0.25) is 0 Å². The maximum atomic E-state index is 13.0. The van der Waals surface area contributed by atoms with Crippen molar-refractivity contribution in [3.05, 3.63) is 83.9 Å². The van der Waals surface area contributed by atoms with E-state index in [-0.39, 0.29) is 29.9 Å². The van der Waals surface area contributed by atoms with Gasteiger partial charge in [0.15, 0.2) is 0 Å². The lowest BCUT2D eigenvalue weighted by atomic mass is 9.89. The van der Waals surface area contributed by atoms with Crippen LogP contribution in [0.5, 0.6) is 0 Å². The second-order valence-electron chi connectivity index (χ2n) is 12.3. The quantitative estimate of drug-likeness (QED) is 0.169. The van der Waals surface area contributed by atoms with Crippen molar-refractivity contribution in [2.75, 3.05) is 26.2 Å². The first-order valence-corrected chi connectivity index (χ1v) is 16.6. The molecule has 1 saturated carbocycles. The molecule has 2 aromatic carbocycles. The fourth-order valence-electron chi connectivity index (χ4n) is 6.78. The number of hydrogen-bond acceptors (Lipinski definition) is 4. The van der Waals surface area contributed by atoms with Crippen LogP contribution >= 0.6 is 0 Å². The highest BCUT2D eigenvalue weighted by molar-refractivity contribution is 5.83. The Morgan fingerprint density at radius 2 is 1.52 bits per heavy atom. The van der Waals surface area contributed by atoms with Crippen molar-refractivity contribution in [1.82, 2.24) is 9.80 Å². The number of hydrogen-bond donors (Lipinski definition) is 1. The molecule has 1 amide bonds. The molecule has 2 aromatic rings. The molecule has 0 radical (unpaired) electrons. The number of aliphatic hydroxyl groups is 1. The SMILES string of the molecule is CCCCC[C@H](O)/C=C/[C@H]1CCC(=O)[C@@H]1CCCCCCC(=O)N1CCN(C(c2ccccc2)c2ccccc2)CC1. The summed E-state index contributed by atoms with van der Waals surface area (Å²) in [6, 6.07) is 21.6. The molecule has 3 atom stereocenters. The van der Waals surface area contributed by atoms with Crippen LogP contribution in [0.25, 0.3) is 0 Å². The third-order valence-electron chi connectivity index (χ3n) is 9.26. The van der Waals surface area contributed by atoms with Gasteiger partial charge in [-0.1, -0.05) is 118 Å². The number of carbonyl (C=O) groups is 2. The Labute approximate surface area is 254 Å². The van der Waals surface area contributed by atoms with Gasteiger partial charge in [-0.2, -0.15) is 0 Å². The number of rotatable bonds is 16. The Bertz CT molecular complexity index is 1060. The van der Waals surface area contributed by atoms with Crippen LogP contribution in [-0.2, 0) is 9.59 Å². The zero-order valence-electron chi connectivity index (χ0n) is 25.7. The van der Waals surface area contributed by atoms with Gasteiger partial charge in [-0.25, -0.2) is 0 Å². The molecule has 1 aliphatic carbocycles. The van der Waals surface area contributed by atoms with Gasteiger partial charge < -0.3 is 10.0 Å². The van der Waals surface area contributed by atoms with Crippen LogP contribution in [0.15, 0.2) is 72.8 Å². The minimum absolute atomic E-state index is 0.109. The van der Waals surface area contributed by atoms with Crippen molar-refractivity contribution in [3.8, 4) is 0 Å². The van der Waals surface area contributed by atoms with Crippen LogP contribution in [0.3, 0.4) is 0 Å². The second kappa shape index (κ2) is 17.4. The highest BCUT2D eigenvalue weighted by Gasteiger charge is 2.32. The van der Waals surface area contributed by atoms with Gasteiger partial charge in [0.25, 0.3) is 0 Å². The molecule has 1 saturated heterocycles. The van der Waals surface area contributed by atoms with E-state index in [1.54, 1.807) is 0 Å². The van der Waals surface area contributed by atoms with Crippen LogP contribution in [0.4, 0.5) is 0 Å². The summed E-state index contributed by atoms with van der Waals surface area (Å²) >= 11 is 0. The molecule has 228 valence electrons. The lowest BCUT2D eigenvalue weighted by molar-refractivity contribution is -0.133. The lowest BCUT2D eigenvalue weighted by Gasteiger charge is -2.40. The summed E-state index contributed by atoms with van der Waals surface area (Å²) in [5.74, 6) is 1.06. The second-order valence-corrected chi connectivity index (χ2v) is 12.3. The molecule has 5 nitrogen and oxygen atoms in total. The summed E-state index contributed by atoms with van der Waals surface area (Å²) in [7, 11) is 0. The van der Waals surface area contributed by atoms with Gasteiger partial charge >= 0.3 is 0 Å². The number of nitrogens with zero attached hydrogens (tertiary/aromatic N) is 2. The van der Waals surface area contributed by atoms with E-state index in [9.17, 15) is 14.7 Å². The Morgan fingerprint density at radius 3 is 2.17 bits per heavy atom. The molecule has 0 spiro atoms. The number of unbranched alkanes of at least 4 members (excludes halogenated alkanes) is 5. The molecule has 0 aromatic heterocycles. The Hall–Kier alpha value is -2.76. The minimum Gasteiger partial charge on any atom is -0.389 e. The summed E-state index contributed by atoms with van der Waals surface area (Å²) in [6.07, 6.45) is 15.0. The number of piperazine rings is 1. The summed E-state index contributed by atoms with van der Waals surface area (Å²) in [4.78, 5) is 30.0. The molecule has 42 heavy (non-hydrogen) atoms. The smallest absolute Gasteiger partial charge is 0.222 e. The van der Waals surface area contributed by atoms with Gasteiger partial charge in [0, 0.05) is 44.9 Å². The van der Waals surface area contributed by atoms with Crippen LogP contribution in [0, 0.1) is 11.8 Å². The molecule has 1 aliphatic heterocycles. The third kappa shape index (κ3) is 9.64. The van der Waals surface area contributed by atoms with Gasteiger partial charge in [0.05, 0.1) is 12.1 Å². The van der Waals surface area contributed by atoms with Crippen LogP contribution in [0.1, 0.15) is 101 Å². The molecule has 4 rings (SSSR count). The summed E-state index contributed by atoms with van der Waals surface area (Å²) in [5, 5.41) is 10.2. The normalized spacial score (nSPS) is 20.5. The molecule has 0 unspecified atom stereocenters. The number of aliphatic hydroxyl groups excluding tert-OH is 1. The molecule has 0 bridgehead atoms. The van der Waals surface area contributed by atoms with Gasteiger partial charge in [-0.3, -0.25) is 14.5 Å². The Morgan fingerprint density at radius 1 is 0.881 bits per heavy atom. The van der Waals surface area contributed by atoms with Crippen LogP contribution in [-0.4, -0.2) is 58.9 Å². The topological polar surface area (TPSA) is 60.9 Å². The number of carbonyl (C=O) groups excluding carboxylic acids is 2. The molecular formula is C37H52N2O3. The van der Waals surface area contributed by atoms with Crippen LogP contribution < -0.4 is 0 Å². The summed E-state index contributed by atoms with van der Waals surface area (Å²) in [5.41, 5.74) is 2.59. The number of amides is 1. The van der Waals surface area contributed by atoms with Gasteiger partial charge in [-0.15, -0.1) is 0 Å². The highest BCUT2D eigenvalue weighted by atomic mass is 16.3. The molecular weight excluding hydrogens is 520 g/mol. The average Bonchev–Trinajstić information content (AvgIpc) is 3.38. The van der Waals surface area contributed by atoms with Gasteiger partial charge in [0.2, 0.25) is 5.91 Å². The largest absolute Gasteiger partial charge is 0.389 e. The van der Waals surface area contributed by atoms with Crippen molar-refractivity contribution in [1.29, 1.82) is 0 Å². The maximum absolute atomic E-state index is 13.0. The Kier molecular flexibility index (Phi) is 13.3. The van der Waals surface area contributed by atoms with Gasteiger partial charge in [0.1, 0.15) is 5.78 Å². The van der Waals surface area contributed by atoms with E-state index < -0.39 is 0 Å². The Balaban J connectivity index is 1.14. The minimum atomic E-state index is -0.387. The first kappa shape index (κ1) is 32.2. The van der Waals surface area contributed by atoms with E-state index >= 15 is 0 Å². The van der Waals surface area contributed by atoms with E-state index in [0.29, 0.717) is 18.6 Å². The monoisotopic (exact) mass is 572 g/mol. The maximum Gasteiger partial charge on any atom is 0.222 e. The van der Waals surface area contributed by atoms with Crippen molar-refractivity contribution in [2.45, 2.75) is 96.1 Å².